The summed E-state index contributed by atoms with van der Waals surface area (Å²) in [6, 6.07) is 9.52. The summed E-state index contributed by atoms with van der Waals surface area (Å²) in [5, 5.41) is 6.59. The molecule has 1 saturated carbocycles. The number of pyridine rings is 1. The summed E-state index contributed by atoms with van der Waals surface area (Å²) in [5.74, 6) is 1.22. The van der Waals surface area contributed by atoms with Crippen LogP contribution in [-0.2, 0) is 16.9 Å². The number of anilines is 1. The van der Waals surface area contributed by atoms with Crippen LogP contribution in [-0.4, -0.2) is 40.4 Å². The van der Waals surface area contributed by atoms with Crippen molar-refractivity contribution in [2.24, 2.45) is 7.05 Å². The summed E-state index contributed by atoms with van der Waals surface area (Å²) >= 11 is 0. The second-order valence-corrected chi connectivity index (χ2v) is 10.0. The van der Waals surface area contributed by atoms with Gasteiger partial charge in [-0.2, -0.15) is 5.10 Å². The van der Waals surface area contributed by atoms with Gasteiger partial charge in [-0.15, -0.1) is 0 Å². The number of rotatable bonds is 8. The Balaban J connectivity index is 1.56. The van der Waals surface area contributed by atoms with Gasteiger partial charge in [0.15, 0.2) is 20.7 Å². The molecule has 1 N–H and O–H groups in total. The van der Waals surface area contributed by atoms with Crippen molar-refractivity contribution < 1.29 is 22.7 Å². The first-order valence-corrected chi connectivity index (χ1v) is 11.8. The molecule has 0 spiro atoms. The topological polar surface area (TPSA) is 112 Å². The van der Waals surface area contributed by atoms with Crippen LogP contribution in [0.25, 0.3) is 0 Å². The Morgan fingerprint density at radius 2 is 1.88 bits per heavy atom. The molecule has 0 atom stereocenters. The van der Waals surface area contributed by atoms with Crippen LogP contribution in [0.4, 0.5) is 5.82 Å². The average molecular weight is 457 g/mol. The number of carbonyl (C=O) groups is 1. The number of amides is 1. The summed E-state index contributed by atoms with van der Waals surface area (Å²) in [4.78, 5) is 16.8. The molecule has 3 aromatic rings. The Labute approximate surface area is 186 Å². The van der Waals surface area contributed by atoms with Gasteiger partial charge < -0.3 is 14.8 Å². The Bertz CT molecular complexity index is 1230. The molecule has 0 saturated heterocycles. The Hall–Kier alpha value is -3.40. The number of aromatic nitrogens is 3. The van der Waals surface area contributed by atoms with Gasteiger partial charge in [-0.25, -0.2) is 13.4 Å². The highest BCUT2D eigenvalue weighted by Crippen LogP contribution is 2.34. The van der Waals surface area contributed by atoms with E-state index in [1.165, 1.54) is 12.3 Å². The molecule has 0 bridgehead atoms. The van der Waals surface area contributed by atoms with Crippen LogP contribution < -0.4 is 14.8 Å². The number of aryl methyl sites for hydroxylation is 1. The molecular weight excluding hydrogens is 432 g/mol. The smallest absolute Gasteiger partial charge is 0.257 e. The van der Waals surface area contributed by atoms with Crippen LogP contribution in [0.2, 0.25) is 0 Å². The predicted molar refractivity (Wildman–Crippen MR) is 118 cm³/mol. The zero-order valence-electron chi connectivity index (χ0n) is 18.0. The summed E-state index contributed by atoms with van der Waals surface area (Å²) in [6.07, 6.45) is 4.33. The number of ether oxygens (including phenoxy) is 2. The molecule has 168 valence electrons. The highest BCUT2D eigenvalue weighted by molar-refractivity contribution is 7.92. The van der Waals surface area contributed by atoms with Crippen LogP contribution in [0.3, 0.4) is 0 Å². The third-order valence-corrected chi connectivity index (χ3v) is 6.84. The zero-order valence-corrected chi connectivity index (χ0v) is 18.8. The molecule has 4 rings (SSSR count). The first-order valence-electron chi connectivity index (χ1n) is 10.2. The van der Waals surface area contributed by atoms with E-state index in [2.05, 4.69) is 15.4 Å². The lowest BCUT2D eigenvalue weighted by Crippen LogP contribution is -2.13. The normalized spacial score (nSPS) is 13.8. The summed E-state index contributed by atoms with van der Waals surface area (Å²) in [6.45, 7) is 3.76. The Kier molecular flexibility index (Phi) is 5.88. The van der Waals surface area contributed by atoms with Crippen molar-refractivity contribution in [2.45, 2.75) is 43.1 Å². The number of nitrogens with one attached hydrogen (secondary N) is 1. The molecule has 10 heteroatoms. The van der Waals surface area contributed by atoms with Crippen LogP contribution in [0.5, 0.6) is 17.2 Å². The van der Waals surface area contributed by atoms with Crippen LogP contribution in [0.1, 0.15) is 37.0 Å². The summed E-state index contributed by atoms with van der Waals surface area (Å²) in [5.41, 5.74) is 0.324. The van der Waals surface area contributed by atoms with E-state index in [-0.39, 0.29) is 22.3 Å². The van der Waals surface area contributed by atoms with Crippen LogP contribution in [0.15, 0.2) is 53.8 Å². The first kappa shape index (κ1) is 21.8. The molecule has 2 aromatic heterocycles. The van der Waals surface area contributed by atoms with Crippen molar-refractivity contribution in [1.29, 1.82) is 0 Å². The number of hydrogen-bond donors (Lipinski definition) is 1. The fourth-order valence-corrected chi connectivity index (χ4v) is 4.61. The lowest BCUT2D eigenvalue weighted by molar-refractivity contribution is 0.102. The van der Waals surface area contributed by atoms with E-state index in [4.69, 9.17) is 9.47 Å². The van der Waals surface area contributed by atoms with Gasteiger partial charge in [-0.3, -0.25) is 9.48 Å². The van der Waals surface area contributed by atoms with Crippen molar-refractivity contribution in [3.05, 3.63) is 54.4 Å². The number of carbonyl (C=O) groups excluding carboxylic acids is 1. The van der Waals surface area contributed by atoms with Gasteiger partial charge in [0.25, 0.3) is 5.91 Å². The number of sulfone groups is 1. The van der Waals surface area contributed by atoms with E-state index in [0.717, 1.165) is 0 Å². The Morgan fingerprint density at radius 3 is 2.47 bits per heavy atom. The summed E-state index contributed by atoms with van der Waals surface area (Å²) < 4.78 is 37.8. The molecule has 0 radical (unpaired) electrons. The molecule has 0 aliphatic heterocycles. The molecule has 1 fully saturated rings. The SMILES string of the molecule is CC(C)Oc1cc(Oc2ccc(S(=O)(=O)C3CC3)nc2)cc(C(=O)Nc2ccn(C)n2)c1. The van der Waals surface area contributed by atoms with Gasteiger partial charge in [-0.05, 0) is 51.0 Å². The molecule has 2 heterocycles. The molecule has 1 aliphatic carbocycles. The van der Waals surface area contributed by atoms with Crippen molar-refractivity contribution in [1.82, 2.24) is 14.8 Å². The lowest BCUT2D eigenvalue weighted by atomic mass is 10.2. The van der Waals surface area contributed by atoms with Crippen molar-refractivity contribution in [3.8, 4) is 17.2 Å². The fraction of sp³-hybridized carbons (Fsp3) is 0.318. The van der Waals surface area contributed by atoms with Crippen LogP contribution in [0, 0.1) is 0 Å². The second-order valence-electron chi connectivity index (χ2n) is 7.87. The molecule has 0 unspecified atom stereocenters. The molecule has 1 aromatic carbocycles. The molecule has 9 nitrogen and oxygen atoms in total. The second kappa shape index (κ2) is 8.62. The Morgan fingerprint density at radius 1 is 1.12 bits per heavy atom. The quantitative estimate of drug-likeness (QED) is 0.551. The third kappa shape index (κ3) is 5.08. The highest BCUT2D eigenvalue weighted by atomic mass is 32.2. The summed E-state index contributed by atoms with van der Waals surface area (Å²) in [7, 11) is -1.61. The molecule has 32 heavy (non-hydrogen) atoms. The van der Waals surface area contributed by atoms with E-state index < -0.39 is 9.84 Å². The standard InChI is InChI=1S/C22H24N4O5S/c1-14(2)30-17-10-15(22(27)24-20-8-9-26(3)25-20)11-18(12-17)31-16-4-7-21(23-13-16)32(28,29)19-5-6-19/h4,7-14,19H,5-6H2,1-3H3,(H,24,25,27). The number of hydrogen-bond acceptors (Lipinski definition) is 7. The van der Waals surface area contributed by atoms with Crippen molar-refractivity contribution in [2.75, 3.05) is 5.32 Å². The lowest BCUT2D eigenvalue weighted by Gasteiger charge is -2.14. The maximum atomic E-state index is 12.7. The average Bonchev–Trinajstić information content (AvgIpc) is 3.51. The van der Waals surface area contributed by atoms with Gasteiger partial charge in [0.05, 0.1) is 17.6 Å². The van der Waals surface area contributed by atoms with E-state index >= 15 is 0 Å². The van der Waals surface area contributed by atoms with Gasteiger partial charge in [0.1, 0.15) is 17.2 Å². The van der Waals surface area contributed by atoms with E-state index in [9.17, 15) is 13.2 Å². The first-order chi connectivity index (χ1) is 15.2. The van der Waals surface area contributed by atoms with Crippen LogP contribution >= 0.6 is 0 Å². The molecular formula is C22H24N4O5S. The molecule has 1 aliphatic rings. The third-order valence-electron chi connectivity index (χ3n) is 4.67. The minimum Gasteiger partial charge on any atom is -0.491 e. The molecule has 1 amide bonds. The van der Waals surface area contributed by atoms with E-state index in [1.807, 2.05) is 13.8 Å². The largest absolute Gasteiger partial charge is 0.491 e. The van der Waals surface area contributed by atoms with Gasteiger partial charge >= 0.3 is 0 Å². The maximum Gasteiger partial charge on any atom is 0.257 e. The monoisotopic (exact) mass is 456 g/mol. The predicted octanol–water partition coefficient (Wildman–Crippen LogP) is 3.58. The van der Waals surface area contributed by atoms with Gasteiger partial charge in [-0.1, -0.05) is 0 Å². The maximum absolute atomic E-state index is 12.7. The fourth-order valence-electron chi connectivity index (χ4n) is 3.05. The van der Waals surface area contributed by atoms with E-state index in [1.54, 1.807) is 48.3 Å². The highest BCUT2D eigenvalue weighted by Gasteiger charge is 2.37. The van der Waals surface area contributed by atoms with Gasteiger partial charge in [0.2, 0.25) is 0 Å². The van der Waals surface area contributed by atoms with Gasteiger partial charge in [0, 0.05) is 30.9 Å². The number of benzene rings is 1. The number of nitrogens with zero attached hydrogens (tertiary/aromatic N) is 3. The van der Waals surface area contributed by atoms with Crippen molar-refractivity contribution >= 4 is 21.6 Å². The van der Waals surface area contributed by atoms with E-state index in [0.29, 0.717) is 41.5 Å². The minimum atomic E-state index is -3.37. The minimum absolute atomic E-state index is 0.0414. The zero-order chi connectivity index (χ0) is 22.9. The van der Waals surface area contributed by atoms with Crippen molar-refractivity contribution in [3.63, 3.8) is 0 Å².